The molecule has 1 aliphatic heterocycles. The molecule has 1 fully saturated rings. The first-order valence-electron chi connectivity index (χ1n) is 9.28. The average Bonchev–Trinajstić information content (AvgIpc) is 3.37. The van der Waals surface area contributed by atoms with E-state index in [1.165, 1.54) is 11.3 Å². The van der Waals surface area contributed by atoms with Gasteiger partial charge in [-0.2, -0.15) is 0 Å². The molecule has 1 aromatic carbocycles. The summed E-state index contributed by atoms with van der Waals surface area (Å²) < 4.78 is 5.22. The van der Waals surface area contributed by atoms with Crippen LogP contribution in [0, 0.1) is 6.92 Å². The number of nitrogens with zero attached hydrogens (tertiary/aromatic N) is 3. The van der Waals surface area contributed by atoms with Crippen LogP contribution in [0.2, 0.25) is 0 Å². The monoisotopic (exact) mass is 413 g/mol. The van der Waals surface area contributed by atoms with E-state index in [-0.39, 0.29) is 5.91 Å². The van der Waals surface area contributed by atoms with Crippen molar-refractivity contribution in [2.45, 2.75) is 13.5 Å². The van der Waals surface area contributed by atoms with Gasteiger partial charge in [-0.3, -0.25) is 9.69 Å². The summed E-state index contributed by atoms with van der Waals surface area (Å²) in [7, 11) is 1.67. The third kappa shape index (κ3) is 4.11. The molecule has 0 N–H and O–H groups in total. The van der Waals surface area contributed by atoms with Crippen molar-refractivity contribution in [3.05, 3.63) is 57.2 Å². The predicted molar refractivity (Wildman–Crippen MR) is 114 cm³/mol. The van der Waals surface area contributed by atoms with Crippen LogP contribution in [-0.2, 0) is 6.54 Å². The van der Waals surface area contributed by atoms with Gasteiger partial charge >= 0.3 is 0 Å². The number of piperazine rings is 1. The Kier molecular flexibility index (Phi) is 5.75. The number of thiophene rings is 1. The van der Waals surface area contributed by atoms with Crippen LogP contribution in [-0.4, -0.2) is 54.0 Å². The van der Waals surface area contributed by atoms with Gasteiger partial charge in [0.05, 0.1) is 17.7 Å². The van der Waals surface area contributed by atoms with Crippen molar-refractivity contribution in [1.82, 2.24) is 14.8 Å². The second-order valence-corrected chi connectivity index (χ2v) is 8.65. The summed E-state index contributed by atoms with van der Waals surface area (Å²) >= 11 is 3.20. The second-order valence-electron chi connectivity index (χ2n) is 6.87. The largest absolute Gasteiger partial charge is 0.497 e. The molecule has 28 heavy (non-hydrogen) atoms. The number of aromatic nitrogens is 1. The number of methoxy groups -OCH3 is 1. The summed E-state index contributed by atoms with van der Waals surface area (Å²) in [6.07, 6.45) is 0. The van der Waals surface area contributed by atoms with E-state index >= 15 is 0 Å². The summed E-state index contributed by atoms with van der Waals surface area (Å²) in [5, 5.41) is 5.15. The molecule has 0 aliphatic carbocycles. The van der Waals surface area contributed by atoms with Crippen LogP contribution < -0.4 is 4.74 Å². The zero-order valence-electron chi connectivity index (χ0n) is 16.1. The zero-order chi connectivity index (χ0) is 19.5. The van der Waals surface area contributed by atoms with Crippen molar-refractivity contribution in [2.24, 2.45) is 0 Å². The lowest BCUT2D eigenvalue weighted by Crippen LogP contribution is -2.48. The Morgan fingerprint density at radius 3 is 2.50 bits per heavy atom. The molecule has 1 aliphatic rings. The lowest BCUT2D eigenvalue weighted by atomic mass is 10.2. The first-order valence-corrected chi connectivity index (χ1v) is 11.0. The number of ether oxygens (including phenoxy) is 1. The fourth-order valence-electron chi connectivity index (χ4n) is 3.32. The highest BCUT2D eigenvalue weighted by Gasteiger charge is 2.24. The van der Waals surface area contributed by atoms with Gasteiger partial charge in [0.25, 0.3) is 5.91 Å². The highest BCUT2D eigenvalue weighted by atomic mass is 32.1. The molecular formula is C21H23N3O2S2. The van der Waals surface area contributed by atoms with Gasteiger partial charge in [-0.15, -0.1) is 22.7 Å². The van der Waals surface area contributed by atoms with Crippen LogP contribution in [0.15, 0.2) is 41.1 Å². The molecule has 3 heterocycles. The topological polar surface area (TPSA) is 45.7 Å². The highest BCUT2D eigenvalue weighted by Crippen LogP contribution is 2.26. The molecule has 4 rings (SSSR count). The number of thiazole rings is 1. The Morgan fingerprint density at radius 2 is 1.86 bits per heavy atom. The van der Waals surface area contributed by atoms with Crippen LogP contribution >= 0.6 is 22.7 Å². The number of carbonyl (C=O) groups excluding carboxylic acids is 1. The van der Waals surface area contributed by atoms with Crippen LogP contribution in [0.25, 0.3) is 10.6 Å². The number of hydrogen-bond donors (Lipinski definition) is 0. The lowest BCUT2D eigenvalue weighted by molar-refractivity contribution is 0.0631. The Labute approximate surface area is 173 Å². The van der Waals surface area contributed by atoms with E-state index in [0.717, 1.165) is 65.2 Å². The van der Waals surface area contributed by atoms with Crippen molar-refractivity contribution in [3.63, 3.8) is 0 Å². The molecule has 0 radical (unpaired) electrons. The van der Waals surface area contributed by atoms with Crippen LogP contribution in [0.4, 0.5) is 0 Å². The van der Waals surface area contributed by atoms with Gasteiger partial charge in [0.15, 0.2) is 0 Å². The van der Waals surface area contributed by atoms with Crippen LogP contribution in [0.5, 0.6) is 5.75 Å². The number of hydrogen-bond acceptors (Lipinski definition) is 6. The van der Waals surface area contributed by atoms with Gasteiger partial charge < -0.3 is 9.64 Å². The SMILES string of the molecule is COc1ccc(-c2nc(CN3CCN(C(=O)c4sccc4C)CC3)cs2)cc1. The second kappa shape index (κ2) is 8.43. The molecule has 2 aromatic heterocycles. The first-order chi connectivity index (χ1) is 13.6. The highest BCUT2D eigenvalue weighted by molar-refractivity contribution is 7.13. The normalized spacial score (nSPS) is 15.0. The van der Waals surface area contributed by atoms with E-state index in [1.54, 1.807) is 18.4 Å². The summed E-state index contributed by atoms with van der Waals surface area (Å²) in [6.45, 7) is 6.13. The van der Waals surface area contributed by atoms with Gasteiger partial charge in [0.1, 0.15) is 10.8 Å². The standard InChI is InChI=1S/C21H23N3O2S2/c1-15-7-12-27-19(15)21(25)24-10-8-23(9-11-24)13-17-14-28-20(22-17)16-3-5-18(26-2)6-4-16/h3-7,12,14H,8-11,13H2,1-2H3. The predicted octanol–water partition coefficient (Wildman–Crippen LogP) is 4.15. The number of carbonyl (C=O) groups is 1. The van der Waals surface area contributed by atoms with Crippen LogP contribution in [0.3, 0.4) is 0 Å². The number of benzene rings is 1. The van der Waals surface area contributed by atoms with Crippen molar-refractivity contribution in [2.75, 3.05) is 33.3 Å². The van der Waals surface area contributed by atoms with Crippen LogP contribution in [0.1, 0.15) is 20.9 Å². The minimum absolute atomic E-state index is 0.169. The van der Waals surface area contributed by atoms with Gasteiger partial charge in [-0.25, -0.2) is 4.98 Å². The molecule has 0 saturated carbocycles. The molecule has 0 spiro atoms. The molecule has 0 unspecified atom stereocenters. The maximum Gasteiger partial charge on any atom is 0.264 e. The zero-order valence-corrected chi connectivity index (χ0v) is 17.7. The summed E-state index contributed by atoms with van der Waals surface area (Å²) in [5.41, 5.74) is 3.27. The Hall–Kier alpha value is -2.22. The maximum atomic E-state index is 12.7. The Bertz CT molecular complexity index is 941. The van der Waals surface area contributed by atoms with Crippen molar-refractivity contribution in [1.29, 1.82) is 0 Å². The van der Waals surface area contributed by atoms with Crippen molar-refractivity contribution < 1.29 is 9.53 Å². The Morgan fingerprint density at radius 1 is 1.11 bits per heavy atom. The molecule has 5 nitrogen and oxygen atoms in total. The number of rotatable bonds is 5. The minimum Gasteiger partial charge on any atom is -0.497 e. The third-order valence-electron chi connectivity index (χ3n) is 4.99. The molecule has 0 atom stereocenters. The van der Waals surface area contributed by atoms with E-state index in [9.17, 15) is 4.79 Å². The van der Waals surface area contributed by atoms with Crippen molar-refractivity contribution >= 4 is 28.6 Å². The molecule has 1 saturated heterocycles. The van der Waals surface area contributed by atoms with E-state index in [1.807, 2.05) is 47.5 Å². The molecule has 3 aromatic rings. The van der Waals surface area contributed by atoms with E-state index in [0.29, 0.717) is 0 Å². The molecule has 146 valence electrons. The van der Waals surface area contributed by atoms with E-state index in [2.05, 4.69) is 10.3 Å². The Balaban J connectivity index is 1.33. The minimum atomic E-state index is 0.169. The summed E-state index contributed by atoms with van der Waals surface area (Å²) in [4.78, 5) is 22.7. The van der Waals surface area contributed by atoms with Gasteiger partial charge in [-0.05, 0) is 48.2 Å². The van der Waals surface area contributed by atoms with Crippen molar-refractivity contribution in [3.8, 4) is 16.3 Å². The number of amides is 1. The van der Waals surface area contributed by atoms with E-state index in [4.69, 9.17) is 9.72 Å². The van der Waals surface area contributed by atoms with Gasteiger partial charge in [0, 0.05) is 43.7 Å². The number of aryl methyl sites for hydroxylation is 1. The first kappa shape index (κ1) is 19.1. The third-order valence-corrected chi connectivity index (χ3v) is 6.93. The fourth-order valence-corrected chi connectivity index (χ4v) is 5.03. The smallest absolute Gasteiger partial charge is 0.264 e. The fraction of sp³-hybridized carbons (Fsp3) is 0.333. The van der Waals surface area contributed by atoms with E-state index < -0.39 is 0 Å². The molecule has 1 amide bonds. The average molecular weight is 414 g/mol. The lowest BCUT2D eigenvalue weighted by Gasteiger charge is -2.34. The maximum absolute atomic E-state index is 12.7. The summed E-state index contributed by atoms with van der Waals surface area (Å²) in [6, 6.07) is 10.0. The molecule has 7 heteroatoms. The molecule has 0 bridgehead atoms. The quantitative estimate of drug-likeness (QED) is 0.630. The molecular weight excluding hydrogens is 390 g/mol. The van der Waals surface area contributed by atoms with Gasteiger partial charge in [-0.1, -0.05) is 0 Å². The summed E-state index contributed by atoms with van der Waals surface area (Å²) in [5.74, 6) is 1.02. The van der Waals surface area contributed by atoms with Gasteiger partial charge in [0.2, 0.25) is 0 Å².